The summed E-state index contributed by atoms with van der Waals surface area (Å²) in [5.41, 5.74) is 0.567. The second-order valence-electron chi connectivity index (χ2n) is 5.16. The maximum absolute atomic E-state index is 13.6. The van der Waals surface area contributed by atoms with Gasteiger partial charge in [0.2, 0.25) is 0 Å². The van der Waals surface area contributed by atoms with E-state index in [0.29, 0.717) is 17.1 Å². The lowest BCUT2D eigenvalue weighted by molar-refractivity contribution is 0.471. The van der Waals surface area contributed by atoms with Crippen LogP contribution in [0.5, 0.6) is 0 Å². The molecule has 0 spiro atoms. The Morgan fingerprint density at radius 2 is 2.05 bits per heavy atom. The molecule has 0 aliphatic rings. The average Bonchev–Trinajstić information content (AvgIpc) is 2.87. The first-order valence-corrected chi connectivity index (χ1v) is 7.44. The van der Waals surface area contributed by atoms with Crippen molar-refractivity contribution in [2.75, 3.05) is 6.54 Å². The normalized spacial score (nSPS) is 11.8. The number of rotatable bonds is 5. The van der Waals surface area contributed by atoms with E-state index in [1.165, 1.54) is 10.9 Å². The van der Waals surface area contributed by atoms with Crippen molar-refractivity contribution < 1.29 is 4.39 Å². The van der Waals surface area contributed by atoms with Gasteiger partial charge in [0.15, 0.2) is 0 Å². The smallest absolute Gasteiger partial charge is 0.129 e. The fraction of sp³-hybridized carbons (Fsp3) is 0.333. The van der Waals surface area contributed by atoms with Crippen molar-refractivity contribution in [3.8, 4) is 0 Å². The van der Waals surface area contributed by atoms with Crippen LogP contribution in [0.2, 0.25) is 5.02 Å². The van der Waals surface area contributed by atoms with Crippen LogP contribution in [0.4, 0.5) is 4.39 Å². The molecule has 1 nitrogen and oxygen atoms in total. The van der Waals surface area contributed by atoms with Crippen molar-refractivity contribution >= 4 is 22.9 Å². The molecule has 2 rings (SSSR count). The van der Waals surface area contributed by atoms with Gasteiger partial charge in [-0.25, -0.2) is 4.39 Å². The number of hydrogen-bond donors (Lipinski definition) is 1. The van der Waals surface area contributed by atoms with E-state index >= 15 is 0 Å². The minimum absolute atomic E-state index is 0.0336. The molecule has 0 saturated carbocycles. The van der Waals surface area contributed by atoms with Crippen LogP contribution in [0, 0.1) is 5.82 Å². The summed E-state index contributed by atoms with van der Waals surface area (Å²) in [5.74, 6) is -0.256. The monoisotopic (exact) mass is 297 g/mol. The lowest BCUT2D eigenvalue weighted by Gasteiger charge is -2.24. The second kappa shape index (κ2) is 6.04. The first kappa shape index (κ1) is 14.5. The summed E-state index contributed by atoms with van der Waals surface area (Å²) in [4.78, 5) is 1.32. The molecule has 0 radical (unpaired) electrons. The van der Waals surface area contributed by atoms with Crippen LogP contribution in [-0.2, 0) is 12.0 Å². The lowest BCUT2D eigenvalue weighted by Crippen LogP contribution is -2.32. The molecule has 0 bridgehead atoms. The third kappa shape index (κ3) is 3.56. The van der Waals surface area contributed by atoms with Gasteiger partial charge in [-0.2, -0.15) is 0 Å². The van der Waals surface area contributed by atoms with E-state index < -0.39 is 0 Å². The van der Waals surface area contributed by atoms with Crippen molar-refractivity contribution in [2.45, 2.75) is 25.8 Å². The van der Waals surface area contributed by atoms with Gasteiger partial charge < -0.3 is 5.32 Å². The molecular formula is C15H17ClFNS. The van der Waals surface area contributed by atoms with Gasteiger partial charge in [0, 0.05) is 34.0 Å². The minimum atomic E-state index is -0.256. The van der Waals surface area contributed by atoms with Crippen LogP contribution in [-0.4, -0.2) is 6.54 Å². The Morgan fingerprint density at radius 3 is 2.68 bits per heavy atom. The molecule has 4 heteroatoms. The fourth-order valence-electron chi connectivity index (χ4n) is 1.95. The number of thiophene rings is 1. The van der Waals surface area contributed by atoms with Crippen LogP contribution in [0.25, 0.3) is 0 Å². The van der Waals surface area contributed by atoms with Gasteiger partial charge in [-0.05, 0) is 23.6 Å². The van der Waals surface area contributed by atoms with Crippen molar-refractivity contribution in [1.82, 2.24) is 5.32 Å². The molecule has 1 aromatic heterocycles. The summed E-state index contributed by atoms with van der Waals surface area (Å²) in [5, 5.41) is 5.84. The van der Waals surface area contributed by atoms with Gasteiger partial charge in [-0.15, -0.1) is 11.3 Å². The van der Waals surface area contributed by atoms with E-state index in [1.54, 1.807) is 23.5 Å². The Labute approximate surface area is 122 Å². The Hall–Kier alpha value is -0.900. The molecule has 0 atom stereocenters. The van der Waals surface area contributed by atoms with Crippen LogP contribution in [0.15, 0.2) is 35.7 Å². The van der Waals surface area contributed by atoms with E-state index in [4.69, 9.17) is 11.6 Å². The summed E-state index contributed by atoms with van der Waals surface area (Å²) in [6.07, 6.45) is 0. The third-order valence-corrected chi connectivity index (χ3v) is 4.71. The fourth-order valence-corrected chi connectivity index (χ4v) is 3.03. The molecule has 19 heavy (non-hydrogen) atoms. The summed E-state index contributed by atoms with van der Waals surface area (Å²) in [6.45, 7) is 5.57. The van der Waals surface area contributed by atoms with Crippen LogP contribution in [0.1, 0.15) is 24.3 Å². The topological polar surface area (TPSA) is 12.0 Å². The second-order valence-corrected chi connectivity index (χ2v) is 6.52. The first-order valence-electron chi connectivity index (χ1n) is 6.18. The number of halogens is 2. The summed E-state index contributed by atoms with van der Waals surface area (Å²) in [7, 11) is 0. The average molecular weight is 298 g/mol. The first-order chi connectivity index (χ1) is 9.00. The molecule has 0 aliphatic carbocycles. The zero-order chi connectivity index (χ0) is 13.9. The van der Waals surface area contributed by atoms with Crippen molar-refractivity contribution in [3.05, 3.63) is 57.0 Å². The molecule has 0 aliphatic heterocycles. The molecule has 1 heterocycles. The number of benzene rings is 1. The maximum Gasteiger partial charge on any atom is 0.129 e. The highest BCUT2D eigenvalue weighted by molar-refractivity contribution is 7.10. The van der Waals surface area contributed by atoms with Crippen molar-refractivity contribution in [3.63, 3.8) is 0 Å². The van der Waals surface area contributed by atoms with Gasteiger partial charge in [-0.1, -0.05) is 37.6 Å². The molecule has 1 aromatic carbocycles. The van der Waals surface area contributed by atoms with Crippen LogP contribution < -0.4 is 5.32 Å². The van der Waals surface area contributed by atoms with Gasteiger partial charge in [0.1, 0.15) is 5.82 Å². The zero-order valence-electron chi connectivity index (χ0n) is 11.0. The van der Waals surface area contributed by atoms with E-state index in [1.807, 2.05) is 0 Å². The highest BCUT2D eigenvalue weighted by Gasteiger charge is 2.21. The zero-order valence-corrected chi connectivity index (χ0v) is 12.6. The Bertz CT molecular complexity index is 517. The molecular weight excluding hydrogens is 281 g/mol. The highest BCUT2D eigenvalue weighted by atomic mass is 35.5. The standard InChI is InChI=1S/C15H17ClFNS/c1-15(2,14-7-4-8-19-14)10-18-9-11-12(16)5-3-6-13(11)17/h3-8,18H,9-10H2,1-2H3. The van der Waals surface area contributed by atoms with E-state index in [2.05, 4.69) is 36.7 Å². The summed E-state index contributed by atoms with van der Waals surface area (Å²) >= 11 is 7.74. The third-order valence-electron chi connectivity index (χ3n) is 3.12. The molecule has 0 amide bonds. The van der Waals surface area contributed by atoms with E-state index in [9.17, 15) is 4.39 Å². The number of hydrogen-bond acceptors (Lipinski definition) is 2. The molecule has 1 N–H and O–H groups in total. The Morgan fingerprint density at radius 1 is 1.26 bits per heavy atom. The predicted molar refractivity (Wildman–Crippen MR) is 80.5 cm³/mol. The largest absolute Gasteiger partial charge is 0.312 e. The quantitative estimate of drug-likeness (QED) is 0.850. The van der Waals surface area contributed by atoms with Gasteiger partial charge in [0.25, 0.3) is 0 Å². The molecule has 0 fully saturated rings. The molecule has 0 unspecified atom stereocenters. The van der Waals surface area contributed by atoms with Gasteiger partial charge >= 0.3 is 0 Å². The minimum Gasteiger partial charge on any atom is -0.312 e. The molecule has 2 aromatic rings. The summed E-state index contributed by atoms with van der Waals surface area (Å²) < 4.78 is 13.6. The van der Waals surface area contributed by atoms with Gasteiger partial charge in [-0.3, -0.25) is 0 Å². The van der Waals surface area contributed by atoms with Crippen molar-refractivity contribution in [2.24, 2.45) is 0 Å². The Balaban J connectivity index is 1.97. The lowest BCUT2D eigenvalue weighted by atomic mass is 9.91. The van der Waals surface area contributed by atoms with Crippen molar-refractivity contribution in [1.29, 1.82) is 0 Å². The number of nitrogens with one attached hydrogen (secondary N) is 1. The molecule has 102 valence electrons. The highest BCUT2D eigenvalue weighted by Crippen LogP contribution is 2.27. The SMILES string of the molecule is CC(C)(CNCc1c(F)cccc1Cl)c1cccs1. The summed E-state index contributed by atoms with van der Waals surface area (Å²) in [6, 6.07) is 8.95. The van der Waals surface area contributed by atoms with Crippen LogP contribution in [0.3, 0.4) is 0 Å². The predicted octanol–water partition coefficient (Wildman–Crippen LogP) is 4.61. The van der Waals surface area contributed by atoms with Crippen LogP contribution >= 0.6 is 22.9 Å². The van der Waals surface area contributed by atoms with E-state index in [-0.39, 0.29) is 11.2 Å². The molecule has 0 saturated heterocycles. The Kier molecular flexibility index (Phi) is 4.61. The maximum atomic E-state index is 13.6. The van der Waals surface area contributed by atoms with Gasteiger partial charge in [0.05, 0.1) is 0 Å². The van der Waals surface area contributed by atoms with E-state index in [0.717, 1.165) is 6.54 Å².